The highest BCUT2D eigenvalue weighted by Gasteiger charge is 2.25. The lowest BCUT2D eigenvalue weighted by Crippen LogP contribution is -2.29. The monoisotopic (exact) mass is 311 g/mol. The Bertz CT molecular complexity index is 476. The molecule has 0 radical (unpaired) electrons. The Labute approximate surface area is 133 Å². The topological polar surface area (TPSA) is 30.5 Å². The van der Waals surface area contributed by atoms with Gasteiger partial charge in [0.25, 0.3) is 0 Å². The molecule has 4 heteroatoms. The Morgan fingerprint density at radius 3 is 2.48 bits per heavy atom. The second-order valence-electron chi connectivity index (χ2n) is 6.20. The van der Waals surface area contributed by atoms with E-state index >= 15 is 0 Å². The average Bonchev–Trinajstić information content (AvgIpc) is 2.48. The summed E-state index contributed by atoms with van der Waals surface area (Å²) in [7, 11) is 3.29. The van der Waals surface area contributed by atoms with Crippen LogP contribution < -0.4 is 14.8 Å². The zero-order valence-corrected chi connectivity index (χ0v) is 14.2. The minimum absolute atomic E-state index is 0.490. The summed E-state index contributed by atoms with van der Waals surface area (Å²) in [6, 6.07) is 4.23. The number of halogens is 1. The molecular formula is C17H26ClNO2. The lowest BCUT2D eigenvalue weighted by Gasteiger charge is -2.33. The number of hydrogen-bond donors (Lipinski definition) is 1. The van der Waals surface area contributed by atoms with Gasteiger partial charge < -0.3 is 14.8 Å². The zero-order valence-electron chi connectivity index (χ0n) is 13.4. The van der Waals surface area contributed by atoms with Crippen molar-refractivity contribution in [2.75, 3.05) is 19.5 Å². The molecule has 118 valence electrons. The Balaban J connectivity index is 2.13. The van der Waals surface area contributed by atoms with Gasteiger partial charge in [0.2, 0.25) is 0 Å². The van der Waals surface area contributed by atoms with Gasteiger partial charge >= 0.3 is 0 Å². The number of rotatable bonds is 5. The molecule has 0 bridgehead atoms. The highest BCUT2D eigenvalue weighted by Crippen LogP contribution is 2.38. The van der Waals surface area contributed by atoms with Gasteiger partial charge in [-0.1, -0.05) is 38.3 Å². The molecule has 1 fully saturated rings. The van der Waals surface area contributed by atoms with Gasteiger partial charge in [-0.3, -0.25) is 0 Å². The third-order valence-corrected chi connectivity index (χ3v) is 4.79. The molecule has 1 aromatic rings. The maximum atomic E-state index is 6.23. The van der Waals surface area contributed by atoms with E-state index in [2.05, 4.69) is 19.2 Å². The molecule has 1 aromatic carbocycles. The zero-order chi connectivity index (χ0) is 15.4. The van der Waals surface area contributed by atoms with Crippen LogP contribution in [0.25, 0.3) is 0 Å². The molecule has 1 saturated carbocycles. The summed E-state index contributed by atoms with van der Waals surface area (Å²) >= 11 is 6.23. The van der Waals surface area contributed by atoms with E-state index in [1.165, 1.54) is 25.7 Å². The van der Waals surface area contributed by atoms with Crippen LogP contribution >= 0.6 is 11.6 Å². The molecule has 1 aliphatic carbocycles. The Morgan fingerprint density at radius 2 is 1.86 bits per heavy atom. The number of methoxy groups -OCH3 is 2. The van der Waals surface area contributed by atoms with Crippen LogP contribution in [0.1, 0.15) is 39.5 Å². The van der Waals surface area contributed by atoms with Crippen LogP contribution in [-0.2, 0) is 0 Å². The molecule has 0 saturated heterocycles. The number of nitrogens with one attached hydrogen (secondary N) is 1. The maximum absolute atomic E-state index is 6.23. The first kappa shape index (κ1) is 16.3. The predicted octanol–water partition coefficient (Wildman–Crippen LogP) is 4.98. The fourth-order valence-electron chi connectivity index (χ4n) is 3.16. The van der Waals surface area contributed by atoms with Crippen LogP contribution in [0, 0.1) is 11.8 Å². The van der Waals surface area contributed by atoms with Crippen LogP contribution in [0.2, 0.25) is 5.02 Å². The van der Waals surface area contributed by atoms with Gasteiger partial charge in [0.1, 0.15) is 11.5 Å². The van der Waals surface area contributed by atoms with E-state index in [0.717, 1.165) is 23.3 Å². The van der Waals surface area contributed by atoms with E-state index in [0.29, 0.717) is 16.8 Å². The van der Waals surface area contributed by atoms with E-state index in [-0.39, 0.29) is 0 Å². The molecule has 2 rings (SSSR count). The smallest absolute Gasteiger partial charge is 0.145 e. The quantitative estimate of drug-likeness (QED) is 0.831. The fraction of sp³-hybridized carbons (Fsp3) is 0.647. The number of ether oxygens (including phenoxy) is 2. The second kappa shape index (κ2) is 7.26. The summed E-state index contributed by atoms with van der Waals surface area (Å²) in [5.74, 6) is 2.97. The normalized spacial score (nSPS) is 22.2. The van der Waals surface area contributed by atoms with Crippen LogP contribution in [0.5, 0.6) is 11.5 Å². The summed E-state index contributed by atoms with van der Waals surface area (Å²) in [4.78, 5) is 0. The van der Waals surface area contributed by atoms with Crippen LogP contribution in [0.3, 0.4) is 0 Å². The highest BCUT2D eigenvalue weighted by atomic mass is 35.5. The standard InChI is InChI=1S/C17H26ClNO2/c1-11(2)12-6-5-7-13(8-12)19-15-9-14(18)16(20-3)10-17(15)21-4/h9-13,19H,5-8H2,1-4H3. The number of anilines is 1. The average molecular weight is 312 g/mol. The molecule has 0 spiro atoms. The highest BCUT2D eigenvalue weighted by molar-refractivity contribution is 6.32. The van der Waals surface area contributed by atoms with Gasteiger partial charge in [-0.15, -0.1) is 0 Å². The molecular weight excluding hydrogens is 286 g/mol. The maximum Gasteiger partial charge on any atom is 0.145 e. The first-order valence-electron chi connectivity index (χ1n) is 7.73. The van der Waals surface area contributed by atoms with Crippen LogP contribution in [-0.4, -0.2) is 20.3 Å². The van der Waals surface area contributed by atoms with Gasteiger partial charge in [0, 0.05) is 12.1 Å². The second-order valence-corrected chi connectivity index (χ2v) is 6.61. The molecule has 3 nitrogen and oxygen atoms in total. The van der Waals surface area contributed by atoms with Gasteiger partial charge in [-0.25, -0.2) is 0 Å². The van der Waals surface area contributed by atoms with E-state index < -0.39 is 0 Å². The molecule has 0 aromatic heterocycles. The summed E-state index contributed by atoms with van der Waals surface area (Å²) in [5.41, 5.74) is 0.956. The Kier molecular flexibility index (Phi) is 5.63. The van der Waals surface area contributed by atoms with Gasteiger partial charge in [0.05, 0.1) is 24.9 Å². The van der Waals surface area contributed by atoms with E-state index in [1.54, 1.807) is 14.2 Å². The Hall–Kier alpha value is -1.09. The minimum Gasteiger partial charge on any atom is -0.495 e. The van der Waals surface area contributed by atoms with Gasteiger partial charge in [0.15, 0.2) is 0 Å². The summed E-state index contributed by atoms with van der Waals surface area (Å²) < 4.78 is 10.7. The van der Waals surface area contributed by atoms with Crippen molar-refractivity contribution in [1.29, 1.82) is 0 Å². The lowest BCUT2D eigenvalue weighted by atomic mass is 9.79. The first-order chi connectivity index (χ1) is 10.0. The Morgan fingerprint density at radius 1 is 1.14 bits per heavy atom. The number of hydrogen-bond acceptors (Lipinski definition) is 3. The SMILES string of the molecule is COc1cc(OC)c(NC2CCCC(C(C)C)C2)cc1Cl. The molecule has 2 unspecified atom stereocenters. The van der Waals surface area contributed by atoms with Crippen molar-refractivity contribution < 1.29 is 9.47 Å². The molecule has 0 amide bonds. The molecule has 0 aliphatic heterocycles. The van der Waals surface area contributed by atoms with Crippen molar-refractivity contribution in [3.8, 4) is 11.5 Å². The largest absolute Gasteiger partial charge is 0.495 e. The van der Waals surface area contributed by atoms with Crippen molar-refractivity contribution >= 4 is 17.3 Å². The summed E-state index contributed by atoms with van der Waals surface area (Å²) in [6.07, 6.45) is 5.05. The molecule has 1 N–H and O–H groups in total. The van der Waals surface area contributed by atoms with Crippen LogP contribution in [0.15, 0.2) is 12.1 Å². The van der Waals surface area contributed by atoms with Crippen molar-refractivity contribution in [3.63, 3.8) is 0 Å². The molecule has 0 heterocycles. The van der Waals surface area contributed by atoms with E-state index in [9.17, 15) is 0 Å². The molecule has 21 heavy (non-hydrogen) atoms. The van der Waals surface area contributed by atoms with Crippen molar-refractivity contribution in [3.05, 3.63) is 17.2 Å². The third-order valence-electron chi connectivity index (χ3n) is 4.49. The van der Waals surface area contributed by atoms with E-state index in [4.69, 9.17) is 21.1 Å². The van der Waals surface area contributed by atoms with Crippen LogP contribution in [0.4, 0.5) is 5.69 Å². The van der Waals surface area contributed by atoms with Crippen molar-refractivity contribution in [2.45, 2.75) is 45.6 Å². The summed E-state index contributed by atoms with van der Waals surface area (Å²) in [5, 5.41) is 4.22. The first-order valence-corrected chi connectivity index (χ1v) is 8.11. The molecule has 1 aliphatic rings. The van der Waals surface area contributed by atoms with Gasteiger partial charge in [-0.2, -0.15) is 0 Å². The molecule has 2 atom stereocenters. The van der Waals surface area contributed by atoms with E-state index in [1.807, 2.05) is 12.1 Å². The fourth-order valence-corrected chi connectivity index (χ4v) is 3.40. The number of benzene rings is 1. The minimum atomic E-state index is 0.490. The third kappa shape index (κ3) is 3.97. The van der Waals surface area contributed by atoms with Crippen molar-refractivity contribution in [2.24, 2.45) is 11.8 Å². The summed E-state index contributed by atoms with van der Waals surface area (Å²) in [6.45, 7) is 4.63. The predicted molar refractivity (Wildman–Crippen MR) is 88.8 cm³/mol. The van der Waals surface area contributed by atoms with Gasteiger partial charge in [-0.05, 0) is 30.7 Å². The lowest BCUT2D eigenvalue weighted by molar-refractivity contribution is 0.264. The van der Waals surface area contributed by atoms with Crippen molar-refractivity contribution in [1.82, 2.24) is 0 Å².